The number of aliphatic carboxylic acids is 1. The molecule has 0 bridgehead atoms. The predicted octanol–water partition coefficient (Wildman–Crippen LogP) is 4.59. The van der Waals surface area contributed by atoms with Crippen molar-refractivity contribution >= 4 is 27.6 Å². The van der Waals surface area contributed by atoms with Gasteiger partial charge in [0.25, 0.3) is 10.0 Å². The zero-order valence-electron chi connectivity index (χ0n) is 19.9. The zero-order chi connectivity index (χ0) is 26.7. The van der Waals surface area contributed by atoms with Crippen molar-refractivity contribution in [3.63, 3.8) is 0 Å². The van der Waals surface area contributed by atoms with Crippen LogP contribution in [-0.4, -0.2) is 38.1 Å². The van der Waals surface area contributed by atoms with Gasteiger partial charge in [0.15, 0.2) is 0 Å². The standard InChI is InChI=1S/C22H28N2O3S.C2HF3O2/c1-5-23-20(25)22(14-15-22)17-6-10-18(11-7-17)24-28(26,27)19-12-8-16(9-13-19)21(2,3)4;3-2(4,5)1(6)7/h6-13,24H,5,14-15H2,1-4H3,(H,23,25);(H,6,7). The number of hydrogen-bond donors (Lipinski definition) is 3. The predicted molar refractivity (Wildman–Crippen MR) is 126 cm³/mol. The second-order valence-corrected chi connectivity index (χ2v) is 10.9. The molecular weight excluding hydrogens is 485 g/mol. The van der Waals surface area contributed by atoms with Crippen LogP contribution in [0.25, 0.3) is 0 Å². The SMILES string of the molecule is CCNC(=O)C1(c2ccc(NS(=O)(=O)c3ccc(C(C)(C)C)cc3)cc2)CC1.O=C(O)C(F)(F)F. The summed E-state index contributed by atoms with van der Waals surface area (Å²) in [5, 5.41) is 10.0. The Balaban J connectivity index is 0.000000540. The minimum Gasteiger partial charge on any atom is -0.475 e. The summed E-state index contributed by atoms with van der Waals surface area (Å²) >= 11 is 0. The average molecular weight is 515 g/mol. The van der Waals surface area contributed by atoms with E-state index >= 15 is 0 Å². The number of likely N-dealkylation sites (N-methyl/N-ethyl adjacent to an activating group) is 1. The van der Waals surface area contributed by atoms with E-state index in [0.29, 0.717) is 12.2 Å². The smallest absolute Gasteiger partial charge is 0.475 e. The van der Waals surface area contributed by atoms with Gasteiger partial charge in [0, 0.05) is 12.2 Å². The molecule has 11 heteroatoms. The Bertz CT molecular complexity index is 1150. The number of nitrogens with one attached hydrogen (secondary N) is 2. The number of amides is 1. The van der Waals surface area contributed by atoms with Crippen molar-refractivity contribution < 1.29 is 36.3 Å². The molecule has 0 aromatic heterocycles. The van der Waals surface area contributed by atoms with Crippen LogP contribution in [0.4, 0.5) is 18.9 Å². The van der Waals surface area contributed by atoms with Gasteiger partial charge in [-0.1, -0.05) is 45.0 Å². The molecule has 7 nitrogen and oxygen atoms in total. The van der Waals surface area contributed by atoms with Crippen molar-refractivity contribution in [3.05, 3.63) is 59.7 Å². The van der Waals surface area contributed by atoms with E-state index in [-0.39, 0.29) is 16.2 Å². The number of halogens is 3. The summed E-state index contributed by atoms with van der Waals surface area (Å²) in [6, 6.07) is 14.1. The number of carbonyl (C=O) groups is 2. The fraction of sp³-hybridized carbons (Fsp3) is 0.417. The minimum absolute atomic E-state index is 0.0333. The maximum absolute atomic E-state index is 12.7. The molecule has 1 aliphatic rings. The van der Waals surface area contributed by atoms with Crippen LogP contribution in [0.1, 0.15) is 51.7 Å². The van der Waals surface area contributed by atoms with E-state index in [9.17, 15) is 26.4 Å². The third kappa shape index (κ3) is 7.20. The van der Waals surface area contributed by atoms with Crippen molar-refractivity contribution in [1.29, 1.82) is 0 Å². The fourth-order valence-corrected chi connectivity index (χ4v) is 4.37. The molecule has 35 heavy (non-hydrogen) atoms. The van der Waals surface area contributed by atoms with E-state index < -0.39 is 27.6 Å². The number of carboxylic acids is 1. The van der Waals surface area contributed by atoms with Crippen LogP contribution >= 0.6 is 0 Å². The average Bonchev–Trinajstić information content (AvgIpc) is 3.56. The molecular formula is C24H29F3N2O5S. The molecule has 0 heterocycles. The number of alkyl halides is 3. The Kier molecular flexibility index (Phi) is 8.26. The number of benzene rings is 2. The number of rotatable bonds is 6. The first-order valence-electron chi connectivity index (χ1n) is 10.9. The molecule has 0 unspecified atom stereocenters. The number of carbonyl (C=O) groups excluding carboxylic acids is 1. The number of sulfonamides is 1. The quantitative estimate of drug-likeness (QED) is 0.522. The normalized spacial score (nSPS) is 14.8. The maximum Gasteiger partial charge on any atom is 0.490 e. The molecule has 2 aromatic rings. The van der Waals surface area contributed by atoms with Gasteiger partial charge < -0.3 is 10.4 Å². The maximum atomic E-state index is 12.7. The first-order valence-corrected chi connectivity index (χ1v) is 12.3. The molecule has 1 aliphatic carbocycles. The molecule has 1 amide bonds. The Labute approximate surface area is 202 Å². The molecule has 3 rings (SSSR count). The molecule has 0 saturated heterocycles. The molecule has 0 atom stereocenters. The van der Waals surface area contributed by atoms with Crippen LogP contribution in [0.3, 0.4) is 0 Å². The van der Waals surface area contributed by atoms with Gasteiger partial charge >= 0.3 is 12.1 Å². The van der Waals surface area contributed by atoms with E-state index in [1.54, 1.807) is 24.3 Å². The van der Waals surface area contributed by atoms with Gasteiger partial charge in [0.1, 0.15) is 0 Å². The van der Waals surface area contributed by atoms with Gasteiger partial charge in [-0.3, -0.25) is 9.52 Å². The van der Waals surface area contributed by atoms with Crippen molar-refractivity contribution in [1.82, 2.24) is 5.32 Å². The first-order chi connectivity index (χ1) is 16.0. The van der Waals surface area contributed by atoms with Crippen LogP contribution in [0.15, 0.2) is 53.4 Å². The largest absolute Gasteiger partial charge is 0.490 e. The number of hydrogen-bond acceptors (Lipinski definition) is 4. The summed E-state index contributed by atoms with van der Waals surface area (Å²) in [7, 11) is -3.66. The molecule has 0 aliphatic heterocycles. The summed E-state index contributed by atoms with van der Waals surface area (Å²) < 4.78 is 59.7. The highest BCUT2D eigenvalue weighted by Crippen LogP contribution is 2.48. The second kappa shape index (κ2) is 10.3. The molecule has 192 valence electrons. The van der Waals surface area contributed by atoms with Crippen molar-refractivity contribution in [2.45, 2.75) is 62.4 Å². The Hall–Kier alpha value is -3.08. The molecule has 3 N–H and O–H groups in total. The van der Waals surface area contributed by atoms with E-state index in [2.05, 4.69) is 30.8 Å². The zero-order valence-corrected chi connectivity index (χ0v) is 20.7. The lowest BCUT2D eigenvalue weighted by atomic mass is 9.87. The van der Waals surface area contributed by atoms with Crippen LogP contribution in [-0.2, 0) is 30.4 Å². The van der Waals surface area contributed by atoms with Gasteiger partial charge in [-0.2, -0.15) is 13.2 Å². The molecule has 2 aromatic carbocycles. The van der Waals surface area contributed by atoms with Crippen LogP contribution in [0.5, 0.6) is 0 Å². The van der Waals surface area contributed by atoms with Crippen LogP contribution in [0.2, 0.25) is 0 Å². The van der Waals surface area contributed by atoms with Crippen molar-refractivity contribution in [2.24, 2.45) is 0 Å². The van der Waals surface area contributed by atoms with Crippen molar-refractivity contribution in [3.8, 4) is 0 Å². The Morgan fingerprint density at radius 2 is 1.46 bits per heavy atom. The molecule has 1 fully saturated rings. The molecule has 1 saturated carbocycles. The van der Waals surface area contributed by atoms with Gasteiger partial charge in [-0.05, 0) is 60.6 Å². The third-order valence-electron chi connectivity index (χ3n) is 5.48. The summed E-state index contributed by atoms with van der Waals surface area (Å²) in [5.41, 5.74) is 2.01. The molecule has 0 radical (unpaired) electrons. The summed E-state index contributed by atoms with van der Waals surface area (Å²) in [6.45, 7) is 8.77. The highest BCUT2D eigenvalue weighted by molar-refractivity contribution is 7.92. The Morgan fingerprint density at radius 3 is 1.83 bits per heavy atom. The Morgan fingerprint density at radius 1 is 0.971 bits per heavy atom. The highest BCUT2D eigenvalue weighted by Gasteiger charge is 2.50. The topological polar surface area (TPSA) is 113 Å². The van der Waals surface area contributed by atoms with Gasteiger partial charge in [-0.15, -0.1) is 0 Å². The lowest BCUT2D eigenvalue weighted by Gasteiger charge is -2.19. The second-order valence-electron chi connectivity index (χ2n) is 9.20. The van der Waals surface area contributed by atoms with Gasteiger partial charge in [0.2, 0.25) is 5.91 Å². The lowest BCUT2D eigenvalue weighted by molar-refractivity contribution is -0.192. The summed E-state index contributed by atoms with van der Waals surface area (Å²) in [6.07, 6.45) is -3.44. The lowest BCUT2D eigenvalue weighted by Crippen LogP contribution is -2.34. The monoisotopic (exact) mass is 514 g/mol. The van der Waals surface area contributed by atoms with Crippen molar-refractivity contribution in [2.75, 3.05) is 11.3 Å². The van der Waals surface area contributed by atoms with Gasteiger partial charge in [0.05, 0.1) is 10.3 Å². The van der Waals surface area contributed by atoms with Crippen LogP contribution < -0.4 is 10.0 Å². The number of carboxylic acid groups (broad SMARTS) is 1. The van der Waals surface area contributed by atoms with Crippen LogP contribution in [0, 0.1) is 0 Å². The minimum atomic E-state index is -5.08. The third-order valence-corrected chi connectivity index (χ3v) is 6.88. The van der Waals surface area contributed by atoms with E-state index in [1.165, 1.54) is 0 Å². The highest BCUT2D eigenvalue weighted by atomic mass is 32.2. The molecule has 0 spiro atoms. The fourth-order valence-electron chi connectivity index (χ4n) is 3.31. The van der Waals surface area contributed by atoms with E-state index in [0.717, 1.165) is 24.0 Å². The summed E-state index contributed by atoms with van der Waals surface area (Å²) in [4.78, 5) is 21.4. The summed E-state index contributed by atoms with van der Waals surface area (Å²) in [5.74, 6) is -2.71. The van der Waals surface area contributed by atoms with Gasteiger partial charge in [-0.25, -0.2) is 13.2 Å². The van der Waals surface area contributed by atoms with E-state index in [1.807, 2.05) is 31.2 Å². The number of anilines is 1. The van der Waals surface area contributed by atoms with E-state index in [4.69, 9.17) is 9.90 Å². The first kappa shape index (κ1) is 28.2.